The highest BCUT2D eigenvalue weighted by Gasteiger charge is 2.28. The van der Waals surface area contributed by atoms with Crippen LogP contribution in [0.4, 0.5) is 0 Å². The van der Waals surface area contributed by atoms with E-state index in [-0.39, 0.29) is 11.7 Å². The number of carbonyl (C=O) groups excluding carboxylic acids is 1. The molecule has 2 atom stereocenters. The Morgan fingerprint density at radius 3 is 2.22 bits per heavy atom. The number of nitrogens with zero attached hydrogens (tertiary/aromatic N) is 1. The van der Waals surface area contributed by atoms with Gasteiger partial charge < -0.3 is 19.5 Å². The predicted octanol–water partition coefficient (Wildman–Crippen LogP) is 5.73. The van der Waals surface area contributed by atoms with Crippen LogP contribution in [0.5, 0.6) is 11.5 Å². The number of likely N-dealkylation sites (tertiary alicyclic amines) is 1. The van der Waals surface area contributed by atoms with Gasteiger partial charge in [-0.2, -0.15) is 0 Å². The Morgan fingerprint density at radius 1 is 0.889 bits per heavy atom. The summed E-state index contributed by atoms with van der Waals surface area (Å²) >= 11 is 6.00. The van der Waals surface area contributed by atoms with Crippen molar-refractivity contribution in [3.63, 3.8) is 0 Å². The third-order valence-electron chi connectivity index (χ3n) is 7.07. The first-order valence-electron chi connectivity index (χ1n) is 12.7. The van der Waals surface area contributed by atoms with Gasteiger partial charge >= 0.3 is 0 Å². The van der Waals surface area contributed by atoms with Crippen molar-refractivity contribution in [1.29, 1.82) is 0 Å². The summed E-state index contributed by atoms with van der Waals surface area (Å²) in [6.45, 7) is 3.77. The summed E-state index contributed by atoms with van der Waals surface area (Å²) in [5.41, 5.74) is 3.92. The highest BCUT2D eigenvalue weighted by molar-refractivity contribution is 6.30. The fourth-order valence-corrected chi connectivity index (χ4v) is 5.26. The predicted molar refractivity (Wildman–Crippen MR) is 142 cm³/mol. The van der Waals surface area contributed by atoms with Crippen molar-refractivity contribution in [3.05, 3.63) is 82.9 Å². The number of ketones is 1. The molecule has 0 bridgehead atoms. The number of carbonyl (C=O) groups is 1. The van der Waals surface area contributed by atoms with Crippen molar-refractivity contribution in [1.82, 2.24) is 4.90 Å². The van der Waals surface area contributed by atoms with Crippen molar-refractivity contribution in [2.75, 3.05) is 32.8 Å². The third-order valence-corrected chi connectivity index (χ3v) is 7.32. The fourth-order valence-electron chi connectivity index (χ4n) is 5.14. The average Bonchev–Trinajstić information content (AvgIpc) is 3.42. The lowest BCUT2D eigenvalue weighted by molar-refractivity contribution is -0.120. The zero-order valence-corrected chi connectivity index (χ0v) is 21.1. The number of Topliss-reactive ketones (excluding diaryl/α,β-unsaturated/α-hetero) is 1. The van der Waals surface area contributed by atoms with E-state index in [1.807, 2.05) is 66.7 Å². The molecule has 0 aromatic heterocycles. The Bertz CT molecular complexity index is 1170. The topological polar surface area (TPSA) is 59.0 Å². The Kier molecular flexibility index (Phi) is 7.90. The van der Waals surface area contributed by atoms with Crippen LogP contribution in [-0.4, -0.2) is 48.6 Å². The Morgan fingerprint density at radius 2 is 1.53 bits per heavy atom. The van der Waals surface area contributed by atoms with Crippen LogP contribution < -0.4 is 9.47 Å². The molecular weight excluding hydrogens is 474 g/mol. The van der Waals surface area contributed by atoms with E-state index in [1.165, 1.54) is 12.8 Å². The number of fused-ring (bicyclic) bond motifs is 1. The second kappa shape index (κ2) is 11.5. The van der Waals surface area contributed by atoms with Gasteiger partial charge in [-0.25, -0.2) is 0 Å². The van der Waals surface area contributed by atoms with Crippen LogP contribution in [0.3, 0.4) is 0 Å². The molecule has 1 fully saturated rings. The Labute approximate surface area is 217 Å². The molecule has 0 saturated carbocycles. The third kappa shape index (κ3) is 6.09. The van der Waals surface area contributed by atoms with E-state index in [0.29, 0.717) is 49.1 Å². The number of hydrogen-bond acceptors (Lipinski definition) is 5. The van der Waals surface area contributed by atoms with Gasteiger partial charge in [0.25, 0.3) is 0 Å². The number of rotatable bonds is 9. The SMILES string of the molecule is O=C(Cc1ccc(-c2ccc(Cl)cc2)cc1)CC(CN1CCCC1)C(O)c1ccc2c(c1)OCCO2. The van der Waals surface area contributed by atoms with Gasteiger partial charge in [-0.05, 0) is 72.5 Å². The minimum absolute atomic E-state index is 0.134. The number of halogens is 1. The maximum absolute atomic E-state index is 13.2. The minimum atomic E-state index is -0.752. The molecule has 36 heavy (non-hydrogen) atoms. The molecule has 5 nitrogen and oxygen atoms in total. The molecule has 5 rings (SSSR count). The monoisotopic (exact) mass is 505 g/mol. The molecule has 188 valence electrons. The first kappa shape index (κ1) is 24.8. The average molecular weight is 506 g/mol. The van der Waals surface area contributed by atoms with Gasteiger partial charge in [0.05, 0.1) is 6.10 Å². The fraction of sp³-hybridized carbons (Fsp3) is 0.367. The second-order valence-electron chi connectivity index (χ2n) is 9.74. The lowest BCUT2D eigenvalue weighted by Crippen LogP contribution is -2.32. The molecule has 0 aliphatic carbocycles. The molecule has 2 aliphatic heterocycles. The van der Waals surface area contributed by atoms with Crippen LogP contribution in [0.15, 0.2) is 66.7 Å². The van der Waals surface area contributed by atoms with E-state index in [2.05, 4.69) is 4.90 Å². The standard InChI is InChI=1S/C30H32ClNO4/c31-26-10-7-23(8-11-26)22-5-3-21(4-6-22)17-27(33)18-25(20-32-13-1-2-14-32)30(34)24-9-12-28-29(19-24)36-16-15-35-28/h3-12,19,25,30,34H,1-2,13-18,20H2. The summed E-state index contributed by atoms with van der Waals surface area (Å²) in [5, 5.41) is 12.1. The van der Waals surface area contributed by atoms with Crippen LogP contribution in [0, 0.1) is 5.92 Å². The van der Waals surface area contributed by atoms with E-state index in [1.54, 1.807) is 0 Å². The molecule has 0 spiro atoms. The molecule has 1 saturated heterocycles. The number of aliphatic hydroxyl groups is 1. The summed E-state index contributed by atoms with van der Waals surface area (Å²) in [7, 11) is 0. The first-order valence-corrected chi connectivity index (χ1v) is 13.1. The lowest BCUT2D eigenvalue weighted by Gasteiger charge is -2.28. The second-order valence-corrected chi connectivity index (χ2v) is 10.2. The van der Waals surface area contributed by atoms with Crippen molar-refractivity contribution in [2.45, 2.75) is 31.8 Å². The number of aliphatic hydroxyl groups excluding tert-OH is 1. The molecule has 0 amide bonds. The summed E-state index contributed by atoms with van der Waals surface area (Å²) in [6, 6.07) is 21.4. The first-order chi connectivity index (χ1) is 17.5. The van der Waals surface area contributed by atoms with E-state index >= 15 is 0 Å². The van der Waals surface area contributed by atoms with Crippen LogP contribution in [0.1, 0.15) is 36.5 Å². The van der Waals surface area contributed by atoms with E-state index in [9.17, 15) is 9.90 Å². The molecule has 2 unspecified atom stereocenters. The summed E-state index contributed by atoms with van der Waals surface area (Å²) in [5.74, 6) is 1.30. The highest BCUT2D eigenvalue weighted by atomic mass is 35.5. The Hall–Kier alpha value is -2.86. The Balaban J connectivity index is 1.27. The quantitative estimate of drug-likeness (QED) is 0.402. The summed E-state index contributed by atoms with van der Waals surface area (Å²) < 4.78 is 11.3. The van der Waals surface area contributed by atoms with Crippen LogP contribution in [0.25, 0.3) is 11.1 Å². The molecule has 3 aromatic carbocycles. The molecule has 1 N–H and O–H groups in total. The normalized spacial score (nSPS) is 17.1. The van der Waals surface area contributed by atoms with Crippen LogP contribution in [-0.2, 0) is 11.2 Å². The van der Waals surface area contributed by atoms with E-state index in [4.69, 9.17) is 21.1 Å². The van der Waals surface area contributed by atoms with Crippen molar-refractivity contribution >= 4 is 17.4 Å². The summed E-state index contributed by atoms with van der Waals surface area (Å²) in [4.78, 5) is 15.5. The minimum Gasteiger partial charge on any atom is -0.486 e. The van der Waals surface area contributed by atoms with Crippen molar-refractivity contribution in [3.8, 4) is 22.6 Å². The smallest absolute Gasteiger partial charge is 0.161 e. The van der Waals surface area contributed by atoms with Gasteiger partial charge in [0.15, 0.2) is 11.5 Å². The molecule has 2 heterocycles. The number of ether oxygens (including phenoxy) is 2. The van der Waals surface area contributed by atoms with Crippen LogP contribution in [0.2, 0.25) is 5.02 Å². The van der Waals surface area contributed by atoms with Gasteiger partial charge in [0.1, 0.15) is 19.0 Å². The molecule has 3 aromatic rings. The van der Waals surface area contributed by atoms with Crippen LogP contribution >= 0.6 is 11.6 Å². The van der Waals surface area contributed by atoms with Crippen molar-refractivity contribution < 1.29 is 19.4 Å². The zero-order chi connectivity index (χ0) is 24.9. The molecule has 2 aliphatic rings. The zero-order valence-electron chi connectivity index (χ0n) is 20.4. The lowest BCUT2D eigenvalue weighted by atomic mass is 9.89. The molecule has 0 radical (unpaired) electrons. The molecule has 6 heteroatoms. The maximum Gasteiger partial charge on any atom is 0.161 e. The van der Waals surface area contributed by atoms with E-state index in [0.717, 1.165) is 35.3 Å². The van der Waals surface area contributed by atoms with E-state index < -0.39 is 6.10 Å². The van der Waals surface area contributed by atoms with Gasteiger partial charge in [-0.1, -0.05) is 54.1 Å². The highest BCUT2D eigenvalue weighted by Crippen LogP contribution is 2.36. The maximum atomic E-state index is 13.2. The molecular formula is C30H32ClNO4. The largest absolute Gasteiger partial charge is 0.486 e. The number of benzene rings is 3. The number of hydrogen-bond donors (Lipinski definition) is 1. The van der Waals surface area contributed by atoms with Gasteiger partial charge in [-0.15, -0.1) is 0 Å². The van der Waals surface area contributed by atoms with Gasteiger partial charge in [0, 0.05) is 30.3 Å². The summed E-state index contributed by atoms with van der Waals surface area (Å²) in [6.07, 6.45) is 2.26. The van der Waals surface area contributed by atoms with Crippen molar-refractivity contribution in [2.24, 2.45) is 5.92 Å². The van der Waals surface area contributed by atoms with Gasteiger partial charge in [-0.3, -0.25) is 4.79 Å². The van der Waals surface area contributed by atoms with Gasteiger partial charge in [0.2, 0.25) is 0 Å².